The number of hydrogen-bond donors (Lipinski definition) is 1. The van der Waals surface area contributed by atoms with Gasteiger partial charge in [0.1, 0.15) is 5.82 Å². The number of hydrogen-bond acceptors (Lipinski definition) is 4. The molecule has 0 saturated carbocycles. The van der Waals surface area contributed by atoms with E-state index in [0.29, 0.717) is 34.6 Å². The molecule has 0 aliphatic carbocycles. The van der Waals surface area contributed by atoms with Gasteiger partial charge in [-0.2, -0.15) is 4.98 Å². The summed E-state index contributed by atoms with van der Waals surface area (Å²) in [5.74, 6) is 1.08. The van der Waals surface area contributed by atoms with Crippen molar-refractivity contribution >= 4 is 11.6 Å². The molecule has 2 rings (SSSR count). The molecule has 1 atom stereocenters. The minimum atomic E-state index is -0.357. The van der Waals surface area contributed by atoms with E-state index in [1.54, 1.807) is 12.1 Å². The fourth-order valence-electron chi connectivity index (χ4n) is 2.16. The van der Waals surface area contributed by atoms with Crippen LogP contribution in [0.15, 0.2) is 22.7 Å². The van der Waals surface area contributed by atoms with E-state index in [4.69, 9.17) is 16.1 Å². The van der Waals surface area contributed by atoms with Crippen molar-refractivity contribution < 1.29 is 8.91 Å². The second kappa shape index (κ2) is 7.00. The molecule has 114 valence electrons. The van der Waals surface area contributed by atoms with Crippen LogP contribution in [0.2, 0.25) is 5.02 Å². The Morgan fingerprint density at radius 2 is 2.14 bits per heavy atom. The molecule has 1 N–H and O–H groups in total. The van der Waals surface area contributed by atoms with E-state index in [0.717, 1.165) is 0 Å². The molecule has 0 radical (unpaired) electrons. The van der Waals surface area contributed by atoms with E-state index >= 15 is 0 Å². The van der Waals surface area contributed by atoms with E-state index in [-0.39, 0.29) is 18.3 Å². The van der Waals surface area contributed by atoms with Crippen LogP contribution in [-0.2, 0) is 12.8 Å². The van der Waals surface area contributed by atoms with Gasteiger partial charge in [0.25, 0.3) is 0 Å². The maximum Gasteiger partial charge on any atom is 0.228 e. The first-order chi connectivity index (χ1) is 10.0. The number of likely N-dealkylation sites (N-methyl/N-ethyl adjacent to an activating group) is 1. The molecule has 0 spiro atoms. The number of nitrogens with one attached hydrogen (secondary N) is 1. The highest BCUT2D eigenvalue weighted by Crippen LogP contribution is 2.21. The first-order valence-electron chi connectivity index (χ1n) is 6.93. The van der Waals surface area contributed by atoms with E-state index in [1.807, 2.05) is 7.05 Å². The normalized spacial score (nSPS) is 12.9. The highest BCUT2D eigenvalue weighted by molar-refractivity contribution is 6.31. The summed E-state index contributed by atoms with van der Waals surface area (Å²) in [5.41, 5.74) is 0.389. The Labute approximate surface area is 128 Å². The van der Waals surface area contributed by atoms with Crippen LogP contribution >= 0.6 is 11.6 Å². The van der Waals surface area contributed by atoms with Gasteiger partial charge in [-0.15, -0.1) is 0 Å². The molecule has 6 heteroatoms. The van der Waals surface area contributed by atoms with Crippen LogP contribution in [0.3, 0.4) is 0 Å². The molecular formula is C15H19ClFN3O. The van der Waals surface area contributed by atoms with E-state index < -0.39 is 0 Å². The maximum absolute atomic E-state index is 13.7. The lowest BCUT2D eigenvalue weighted by molar-refractivity contribution is 0.333. The molecule has 4 nitrogen and oxygen atoms in total. The summed E-state index contributed by atoms with van der Waals surface area (Å²) in [6.07, 6.45) is 0.868. The summed E-state index contributed by atoms with van der Waals surface area (Å²) in [7, 11) is 1.90. The van der Waals surface area contributed by atoms with Crippen LogP contribution in [0.1, 0.15) is 31.1 Å². The van der Waals surface area contributed by atoms with Gasteiger partial charge in [-0.25, -0.2) is 4.39 Å². The number of benzene rings is 1. The van der Waals surface area contributed by atoms with Gasteiger partial charge in [0.2, 0.25) is 5.89 Å². The number of nitrogens with zero attached hydrogens (tertiary/aromatic N) is 2. The molecular weight excluding hydrogens is 293 g/mol. The van der Waals surface area contributed by atoms with Crippen molar-refractivity contribution in [2.24, 2.45) is 5.92 Å². The molecule has 1 heterocycles. The molecule has 0 fully saturated rings. The standard InChI is InChI=1S/C15H19ClFN3O/c1-9(2)13(18-3)8-15-19-14(20-21-15)7-10-11(16)5-4-6-12(10)17/h4-6,9,13,18H,7-8H2,1-3H3. The zero-order valence-corrected chi connectivity index (χ0v) is 13.1. The zero-order chi connectivity index (χ0) is 15.4. The van der Waals surface area contributed by atoms with E-state index in [2.05, 4.69) is 29.3 Å². The lowest BCUT2D eigenvalue weighted by atomic mass is 10.0. The fourth-order valence-corrected chi connectivity index (χ4v) is 2.39. The monoisotopic (exact) mass is 311 g/mol. The molecule has 1 aromatic carbocycles. The van der Waals surface area contributed by atoms with E-state index in [1.165, 1.54) is 6.07 Å². The van der Waals surface area contributed by atoms with Crippen molar-refractivity contribution in [3.8, 4) is 0 Å². The van der Waals surface area contributed by atoms with Crippen molar-refractivity contribution in [2.45, 2.75) is 32.7 Å². The molecule has 1 aromatic heterocycles. The van der Waals surface area contributed by atoms with Gasteiger partial charge < -0.3 is 9.84 Å². The molecule has 21 heavy (non-hydrogen) atoms. The smallest absolute Gasteiger partial charge is 0.228 e. The second-order valence-electron chi connectivity index (χ2n) is 5.32. The van der Waals surface area contributed by atoms with Crippen molar-refractivity contribution in [3.63, 3.8) is 0 Å². The minimum absolute atomic E-state index is 0.223. The minimum Gasteiger partial charge on any atom is -0.339 e. The first-order valence-corrected chi connectivity index (χ1v) is 7.30. The van der Waals surface area contributed by atoms with Gasteiger partial charge in [-0.3, -0.25) is 0 Å². The Kier molecular flexibility index (Phi) is 5.31. The SMILES string of the molecule is CNC(Cc1nc(Cc2c(F)cccc2Cl)no1)C(C)C. The summed E-state index contributed by atoms with van der Waals surface area (Å²) in [5, 5.41) is 7.49. The number of rotatable bonds is 6. The molecule has 0 bridgehead atoms. The molecule has 0 aliphatic rings. The molecule has 0 amide bonds. The summed E-state index contributed by atoms with van der Waals surface area (Å²) < 4.78 is 19.0. The summed E-state index contributed by atoms with van der Waals surface area (Å²) in [6.45, 7) is 4.25. The maximum atomic E-state index is 13.7. The highest BCUT2D eigenvalue weighted by Gasteiger charge is 2.17. The predicted molar refractivity (Wildman–Crippen MR) is 79.9 cm³/mol. The Morgan fingerprint density at radius 1 is 1.38 bits per heavy atom. The van der Waals surface area contributed by atoms with Crippen LogP contribution in [0.4, 0.5) is 4.39 Å². The third kappa shape index (κ3) is 4.02. The molecule has 2 aromatic rings. The lowest BCUT2D eigenvalue weighted by Crippen LogP contribution is -2.32. The second-order valence-corrected chi connectivity index (χ2v) is 5.73. The first kappa shape index (κ1) is 15.9. The van der Waals surface area contributed by atoms with Crippen LogP contribution in [0.5, 0.6) is 0 Å². The third-order valence-corrected chi connectivity index (χ3v) is 3.83. The average molecular weight is 312 g/mol. The van der Waals surface area contributed by atoms with Crippen molar-refractivity contribution in [2.75, 3.05) is 7.05 Å². The molecule has 0 saturated heterocycles. The summed E-state index contributed by atoms with van der Waals surface area (Å²) >= 11 is 6.00. The largest absolute Gasteiger partial charge is 0.339 e. The van der Waals surface area contributed by atoms with Gasteiger partial charge in [0.15, 0.2) is 5.82 Å². The summed E-state index contributed by atoms with van der Waals surface area (Å²) in [6, 6.07) is 4.85. The topological polar surface area (TPSA) is 51.0 Å². The molecule has 0 aliphatic heterocycles. The van der Waals surface area contributed by atoms with Gasteiger partial charge >= 0.3 is 0 Å². The highest BCUT2D eigenvalue weighted by atomic mass is 35.5. The fraction of sp³-hybridized carbons (Fsp3) is 0.467. The Hall–Kier alpha value is -1.46. The number of halogens is 2. The average Bonchev–Trinajstić information content (AvgIpc) is 2.87. The van der Waals surface area contributed by atoms with Gasteiger partial charge in [-0.05, 0) is 25.1 Å². The Balaban J connectivity index is 2.10. The third-order valence-electron chi connectivity index (χ3n) is 3.48. The van der Waals surface area contributed by atoms with Crippen molar-refractivity contribution in [1.29, 1.82) is 0 Å². The Morgan fingerprint density at radius 3 is 2.76 bits per heavy atom. The Bertz CT molecular complexity index is 580. The van der Waals surface area contributed by atoms with Crippen molar-refractivity contribution in [3.05, 3.63) is 46.3 Å². The molecule has 1 unspecified atom stereocenters. The number of aromatic nitrogens is 2. The van der Waals surface area contributed by atoms with Gasteiger partial charge in [0.05, 0.1) is 0 Å². The van der Waals surface area contributed by atoms with Crippen LogP contribution < -0.4 is 5.32 Å². The lowest BCUT2D eigenvalue weighted by Gasteiger charge is -2.17. The quantitative estimate of drug-likeness (QED) is 0.890. The van der Waals surface area contributed by atoms with E-state index in [9.17, 15) is 4.39 Å². The summed E-state index contributed by atoms with van der Waals surface area (Å²) in [4.78, 5) is 4.31. The van der Waals surface area contributed by atoms with Gasteiger partial charge in [-0.1, -0.05) is 36.7 Å². The van der Waals surface area contributed by atoms with Crippen LogP contribution in [0.25, 0.3) is 0 Å². The van der Waals surface area contributed by atoms with Crippen molar-refractivity contribution in [1.82, 2.24) is 15.5 Å². The predicted octanol–water partition coefficient (Wildman–Crippen LogP) is 3.24. The van der Waals surface area contributed by atoms with Crippen LogP contribution in [-0.4, -0.2) is 23.2 Å². The van der Waals surface area contributed by atoms with Gasteiger partial charge in [0, 0.05) is 29.5 Å². The zero-order valence-electron chi connectivity index (χ0n) is 12.4. The van der Waals surface area contributed by atoms with Crippen LogP contribution in [0, 0.1) is 11.7 Å².